The number of hydrogen-bond acceptors (Lipinski definition) is 5. The van der Waals surface area contributed by atoms with Crippen LogP contribution in [0, 0.1) is 0 Å². The molecule has 0 unspecified atom stereocenters. The van der Waals surface area contributed by atoms with Gasteiger partial charge in [0.15, 0.2) is 11.5 Å². The van der Waals surface area contributed by atoms with Crippen molar-refractivity contribution in [2.75, 3.05) is 18.7 Å². The zero-order valence-electron chi connectivity index (χ0n) is 13.7. The van der Waals surface area contributed by atoms with Crippen molar-refractivity contribution >= 4 is 23.6 Å². The predicted octanol–water partition coefficient (Wildman–Crippen LogP) is 3.24. The average molecular weight is 339 g/mol. The third-order valence-electron chi connectivity index (χ3n) is 3.50. The predicted molar refractivity (Wildman–Crippen MR) is 92.6 cm³/mol. The number of esters is 1. The molecule has 0 saturated carbocycles. The van der Waals surface area contributed by atoms with Gasteiger partial charge in [-0.1, -0.05) is 12.1 Å². The first-order chi connectivity index (χ1) is 12.2. The fourth-order valence-corrected chi connectivity index (χ4v) is 2.27. The summed E-state index contributed by atoms with van der Waals surface area (Å²) in [7, 11) is 0. The number of rotatable bonds is 5. The van der Waals surface area contributed by atoms with Crippen LogP contribution >= 0.6 is 0 Å². The van der Waals surface area contributed by atoms with Crippen LogP contribution in [0.15, 0.2) is 48.5 Å². The summed E-state index contributed by atoms with van der Waals surface area (Å²) in [5.74, 6) is 0.567. The molecule has 0 saturated heterocycles. The molecule has 25 heavy (non-hydrogen) atoms. The molecule has 128 valence electrons. The first-order valence-electron chi connectivity index (χ1n) is 7.81. The van der Waals surface area contributed by atoms with E-state index in [1.54, 1.807) is 55.5 Å². The molecule has 0 radical (unpaired) electrons. The molecule has 6 nitrogen and oxygen atoms in total. The van der Waals surface area contributed by atoms with Crippen molar-refractivity contribution in [1.29, 1.82) is 0 Å². The standard InChI is InChI=1S/C19H17NO5/c1-2-23-18(21)10-5-13-3-7-15(8-4-13)20-19(22)14-6-9-16-17(11-14)25-12-24-16/h3-11H,2,12H2,1H3,(H,20,22)/b10-5+. The van der Waals surface area contributed by atoms with E-state index in [2.05, 4.69) is 5.32 Å². The van der Waals surface area contributed by atoms with Crippen molar-refractivity contribution in [2.45, 2.75) is 6.92 Å². The van der Waals surface area contributed by atoms with Crippen LogP contribution in [0.25, 0.3) is 6.08 Å². The highest BCUT2D eigenvalue weighted by molar-refractivity contribution is 6.04. The zero-order valence-corrected chi connectivity index (χ0v) is 13.7. The van der Waals surface area contributed by atoms with Gasteiger partial charge in [0.1, 0.15) is 0 Å². The van der Waals surface area contributed by atoms with Crippen LogP contribution in [0.1, 0.15) is 22.8 Å². The fourth-order valence-electron chi connectivity index (χ4n) is 2.27. The van der Waals surface area contributed by atoms with E-state index < -0.39 is 0 Å². The fraction of sp³-hybridized carbons (Fsp3) is 0.158. The zero-order chi connectivity index (χ0) is 17.6. The summed E-state index contributed by atoms with van der Waals surface area (Å²) in [5, 5.41) is 2.81. The summed E-state index contributed by atoms with van der Waals surface area (Å²) in [6, 6.07) is 12.1. The molecule has 0 aromatic heterocycles. The van der Waals surface area contributed by atoms with Gasteiger partial charge in [0.2, 0.25) is 6.79 Å². The van der Waals surface area contributed by atoms with Crippen molar-refractivity contribution in [3.63, 3.8) is 0 Å². The maximum atomic E-state index is 12.3. The Labute approximate surface area is 145 Å². The lowest BCUT2D eigenvalue weighted by atomic mass is 10.1. The second-order valence-corrected chi connectivity index (χ2v) is 5.23. The highest BCUT2D eigenvalue weighted by atomic mass is 16.7. The number of ether oxygens (including phenoxy) is 3. The number of amides is 1. The van der Waals surface area contributed by atoms with Crippen molar-refractivity contribution in [1.82, 2.24) is 0 Å². The minimum atomic E-state index is -0.386. The SMILES string of the molecule is CCOC(=O)/C=C/c1ccc(NC(=O)c2ccc3c(c2)OCO3)cc1. The van der Waals surface area contributed by atoms with E-state index in [1.165, 1.54) is 6.08 Å². The lowest BCUT2D eigenvalue weighted by molar-refractivity contribution is -0.137. The van der Waals surface area contributed by atoms with Gasteiger partial charge < -0.3 is 19.5 Å². The third kappa shape index (κ3) is 4.17. The molecule has 1 aliphatic rings. The maximum Gasteiger partial charge on any atom is 0.330 e. The van der Waals surface area contributed by atoms with Gasteiger partial charge >= 0.3 is 5.97 Å². The van der Waals surface area contributed by atoms with E-state index in [1.807, 2.05) is 0 Å². The Balaban J connectivity index is 1.63. The van der Waals surface area contributed by atoms with Gasteiger partial charge in [-0.05, 0) is 48.9 Å². The Bertz CT molecular complexity index is 811. The van der Waals surface area contributed by atoms with Crippen LogP contribution in [0.4, 0.5) is 5.69 Å². The lowest BCUT2D eigenvalue weighted by Crippen LogP contribution is -2.11. The molecular weight excluding hydrogens is 322 g/mol. The maximum absolute atomic E-state index is 12.3. The lowest BCUT2D eigenvalue weighted by Gasteiger charge is -2.06. The molecular formula is C19H17NO5. The van der Waals surface area contributed by atoms with Crippen molar-refractivity contribution < 1.29 is 23.8 Å². The third-order valence-corrected chi connectivity index (χ3v) is 3.50. The Morgan fingerprint density at radius 1 is 1.12 bits per heavy atom. The van der Waals surface area contributed by atoms with Gasteiger partial charge in [-0.2, -0.15) is 0 Å². The number of nitrogens with one attached hydrogen (secondary N) is 1. The minimum absolute atomic E-state index is 0.168. The molecule has 0 aliphatic carbocycles. The normalized spacial score (nSPS) is 12.2. The van der Waals surface area contributed by atoms with Crippen molar-refractivity contribution in [3.8, 4) is 11.5 Å². The largest absolute Gasteiger partial charge is 0.463 e. The Morgan fingerprint density at radius 3 is 2.64 bits per heavy atom. The quantitative estimate of drug-likeness (QED) is 0.669. The molecule has 1 heterocycles. The molecule has 0 fully saturated rings. The number of anilines is 1. The van der Waals surface area contributed by atoms with Gasteiger partial charge in [0.25, 0.3) is 5.91 Å². The monoisotopic (exact) mass is 339 g/mol. The van der Waals surface area contributed by atoms with Crippen LogP contribution in [0.3, 0.4) is 0 Å². The minimum Gasteiger partial charge on any atom is -0.463 e. The number of benzene rings is 2. The number of fused-ring (bicyclic) bond motifs is 1. The van der Waals surface area contributed by atoms with E-state index in [4.69, 9.17) is 14.2 Å². The summed E-state index contributed by atoms with van der Waals surface area (Å²) < 4.78 is 15.3. The average Bonchev–Trinajstić information content (AvgIpc) is 3.09. The number of carbonyl (C=O) groups is 2. The second kappa shape index (κ2) is 7.53. The van der Waals surface area contributed by atoms with Gasteiger partial charge in [0, 0.05) is 17.3 Å². The Morgan fingerprint density at radius 2 is 1.88 bits per heavy atom. The van der Waals surface area contributed by atoms with Crippen LogP contribution in [-0.4, -0.2) is 25.3 Å². The molecule has 6 heteroatoms. The highest BCUT2D eigenvalue weighted by Gasteiger charge is 2.16. The molecule has 1 aliphatic heterocycles. The van der Waals surface area contributed by atoms with E-state index in [9.17, 15) is 9.59 Å². The van der Waals surface area contributed by atoms with E-state index in [0.29, 0.717) is 29.4 Å². The Kier molecular flexibility index (Phi) is 4.99. The van der Waals surface area contributed by atoms with Crippen LogP contribution < -0.4 is 14.8 Å². The molecule has 1 amide bonds. The van der Waals surface area contributed by atoms with Crippen LogP contribution in [0.5, 0.6) is 11.5 Å². The van der Waals surface area contributed by atoms with Crippen molar-refractivity contribution in [2.24, 2.45) is 0 Å². The molecule has 0 spiro atoms. The first-order valence-corrected chi connectivity index (χ1v) is 7.81. The smallest absolute Gasteiger partial charge is 0.330 e. The molecule has 0 bridgehead atoms. The van der Waals surface area contributed by atoms with Gasteiger partial charge in [-0.3, -0.25) is 4.79 Å². The number of carbonyl (C=O) groups excluding carboxylic acids is 2. The summed E-state index contributed by atoms with van der Waals surface area (Å²) >= 11 is 0. The summed E-state index contributed by atoms with van der Waals surface area (Å²) in [6.07, 6.45) is 3.02. The molecule has 3 rings (SSSR count). The van der Waals surface area contributed by atoms with E-state index >= 15 is 0 Å². The van der Waals surface area contributed by atoms with Gasteiger partial charge in [-0.15, -0.1) is 0 Å². The van der Waals surface area contributed by atoms with Crippen LogP contribution in [-0.2, 0) is 9.53 Å². The summed E-state index contributed by atoms with van der Waals surface area (Å²) in [6.45, 7) is 2.26. The first kappa shape index (κ1) is 16.6. The molecule has 0 atom stereocenters. The topological polar surface area (TPSA) is 73.9 Å². The highest BCUT2D eigenvalue weighted by Crippen LogP contribution is 2.32. The Hall–Kier alpha value is -3.28. The van der Waals surface area contributed by atoms with Gasteiger partial charge in [-0.25, -0.2) is 4.79 Å². The van der Waals surface area contributed by atoms with E-state index in [-0.39, 0.29) is 18.7 Å². The molecule has 2 aromatic carbocycles. The van der Waals surface area contributed by atoms with Crippen molar-refractivity contribution in [3.05, 3.63) is 59.7 Å². The summed E-state index contributed by atoms with van der Waals surface area (Å²) in [4.78, 5) is 23.6. The van der Waals surface area contributed by atoms with Gasteiger partial charge in [0.05, 0.1) is 6.61 Å². The number of hydrogen-bond donors (Lipinski definition) is 1. The molecule has 2 aromatic rings. The van der Waals surface area contributed by atoms with E-state index in [0.717, 1.165) is 5.56 Å². The summed E-state index contributed by atoms with van der Waals surface area (Å²) in [5.41, 5.74) is 1.96. The molecule has 1 N–H and O–H groups in total. The second-order valence-electron chi connectivity index (χ2n) is 5.23. The van der Waals surface area contributed by atoms with Crippen LogP contribution in [0.2, 0.25) is 0 Å².